The van der Waals surface area contributed by atoms with E-state index in [-0.39, 0.29) is 5.91 Å². The number of fused-ring (bicyclic) bond motifs is 1. The number of piperazine rings is 2. The second-order valence-corrected chi connectivity index (χ2v) is 11.3. The zero-order valence-corrected chi connectivity index (χ0v) is 23.7. The predicted octanol–water partition coefficient (Wildman–Crippen LogP) is 5.17. The molecule has 6 rings (SSSR count). The van der Waals surface area contributed by atoms with Gasteiger partial charge in [0.1, 0.15) is 0 Å². The number of imidazole rings is 1. The van der Waals surface area contributed by atoms with Crippen LogP contribution in [0.1, 0.15) is 32.6 Å². The van der Waals surface area contributed by atoms with Gasteiger partial charge in [-0.15, -0.1) is 0 Å². The first-order chi connectivity index (χ1) is 20.2. The molecule has 3 aromatic carbocycles. The maximum Gasteiger partial charge on any atom is 0.416 e. The number of hydrogen-bond donors (Lipinski definition) is 1. The van der Waals surface area contributed by atoms with Gasteiger partial charge in [-0.05, 0) is 48.4 Å². The van der Waals surface area contributed by atoms with Gasteiger partial charge in [0.2, 0.25) is 5.95 Å². The van der Waals surface area contributed by atoms with Crippen LogP contribution in [0.15, 0.2) is 66.7 Å². The molecular weight excluding hydrogens is 541 g/mol. The van der Waals surface area contributed by atoms with Gasteiger partial charge in [0.05, 0.1) is 16.6 Å². The predicted molar refractivity (Wildman–Crippen MR) is 157 cm³/mol. The third kappa shape index (κ3) is 6.44. The standard InChI is InChI=1S/C32H35F3N6O/c1-23-2-4-24(5-3-23)21-39-14-18-41(19-15-39)31-36-28-11-8-26(20-29(28)37-31)30(42)40-16-12-38(13-17-40)22-25-6-9-27(10-7-25)32(33,34)35/h2-11,20H,12-19,21-22H2,1H3,(H,36,37). The molecule has 0 atom stereocenters. The number of halogens is 3. The smallest absolute Gasteiger partial charge is 0.340 e. The number of benzene rings is 3. The van der Waals surface area contributed by atoms with E-state index in [1.807, 2.05) is 23.1 Å². The lowest BCUT2D eigenvalue weighted by Gasteiger charge is -2.34. The van der Waals surface area contributed by atoms with E-state index in [1.54, 1.807) is 0 Å². The summed E-state index contributed by atoms with van der Waals surface area (Å²) in [5.41, 5.74) is 5.09. The van der Waals surface area contributed by atoms with Gasteiger partial charge in [-0.2, -0.15) is 13.2 Å². The number of aromatic amines is 1. The van der Waals surface area contributed by atoms with Gasteiger partial charge in [0, 0.05) is 71.0 Å². The number of carbonyl (C=O) groups excluding carboxylic acids is 1. The molecule has 4 aromatic rings. The van der Waals surface area contributed by atoms with Gasteiger partial charge >= 0.3 is 6.18 Å². The van der Waals surface area contributed by atoms with Crippen LogP contribution in [0.5, 0.6) is 0 Å². The topological polar surface area (TPSA) is 58.7 Å². The van der Waals surface area contributed by atoms with E-state index in [4.69, 9.17) is 4.98 Å². The SMILES string of the molecule is Cc1ccc(CN2CCN(c3nc4cc(C(=O)N5CCN(Cc6ccc(C(F)(F)F)cc6)CC5)ccc4[nH]3)CC2)cc1. The number of anilines is 1. The number of carbonyl (C=O) groups is 1. The zero-order valence-electron chi connectivity index (χ0n) is 23.7. The number of aromatic nitrogens is 2. The summed E-state index contributed by atoms with van der Waals surface area (Å²) in [5.74, 6) is 0.807. The first-order valence-corrected chi connectivity index (χ1v) is 14.4. The molecule has 1 N–H and O–H groups in total. The number of nitrogens with zero attached hydrogens (tertiary/aromatic N) is 5. The van der Waals surface area contributed by atoms with Gasteiger partial charge in [0.15, 0.2) is 0 Å². The van der Waals surface area contributed by atoms with Crippen LogP contribution >= 0.6 is 0 Å². The number of rotatable bonds is 6. The van der Waals surface area contributed by atoms with Crippen molar-refractivity contribution in [3.8, 4) is 0 Å². The summed E-state index contributed by atoms with van der Waals surface area (Å²) in [4.78, 5) is 30.3. The summed E-state index contributed by atoms with van der Waals surface area (Å²) in [7, 11) is 0. The Kier molecular flexibility index (Phi) is 7.92. The maximum absolute atomic E-state index is 13.3. The van der Waals surface area contributed by atoms with Crippen molar-refractivity contribution in [2.45, 2.75) is 26.2 Å². The van der Waals surface area contributed by atoms with Gasteiger partial charge in [-0.25, -0.2) is 4.98 Å². The number of aryl methyl sites for hydroxylation is 1. The van der Waals surface area contributed by atoms with Crippen LogP contribution in [-0.2, 0) is 19.3 Å². The van der Waals surface area contributed by atoms with E-state index in [1.165, 1.54) is 23.3 Å². The van der Waals surface area contributed by atoms with Crippen LogP contribution in [0.2, 0.25) is 0 Å². The molecule has 2 saturated heterocycles. The molecule has 3 heterocycles. The summed E-state index contributed by atoms with van der Waals surface area (Å²) in [6.45, 7) is 9.75. The van der Waals surface area contributed by atoms with Gasteiger partial charge in [-0.1, -0.05) is 42.0 Å². The molecule has 0 radical (unpaired) electrons. The van der Waals surface area contributed by atoms with E-state index in [0.29, 0.717) is 38.3 Å². The fraction of sp³-hybridized carbons (Fsp3) is 0.375. The molecule has 0 spiro atoms. The average Bonchev–Trinajstić information content (AvgIpc) is 3.42. The molecule has 0 aliphatic carbocycles. The molecule has 42 heavy (non-hydrogen) atoms. The third-order valence-corrected chi connectivity index (χ3v) is 8.26. The Balaban J connectivity index is 1.02. The highest BCUT2D eigenvalue weighted by Gasteiger charge is 2.30. The van der Waals surface area contributed by atoms with Crippen molar-refractivity contribution in [1.82, 2.24) is 24.7 Å². The van der Waals surface area contributed by atoms with Crippen LogP contribution < -0.4 is 4.90 Å². The Bertz CT molecular complexity index is 1520. The minimum absolute atomic E-state index is 0.0275. The summed E-state index contributed by atoms with van der Waals surface area (Å²) < 4.78 is 38.5. The Morgan fingerprint density at radius 1 is 0.786 bits per heavy atom. The van der Waals surface area contributed by atoms with Crippen LogP contribution in [0.25, 0.3) is 11.0 Å². The number of H-pyrrole nitrogens is 1. The van der Waals surface area contributed by atoms with Gasteiger partial charge in [0.25, 0.3) is 5.91 Å². The largest absolute Gasteiger partial charge is 0.416 e. The van der Waals surface area contributed by atoms with E-state index < -0.39 is 11.7 Å². The zero-order chi connectivity index (χ0) is 29.3. The van der Waals surface area contributed by atoms with Crippen molar-refractivity contribution in [3.63, 3.8) is 0 Å². The van der Waals surface area contributed by atoms with Crippen molar-refractivity contribution in [1.29, 1.82) is 0 Å². The van der Waals surface area contributed by atoms with Crippen molar-refractivity contribution < 1.29 is 18.0 Å². The Morgan fingerprint density at radius 3 is 1.95 bits per heavy atom. The molecule has 2 aliphatic rings. The quantitative estimate of drug-likeness (QED) is 0.343. The summed E-state index contributed by atoms with van der Waals surface area (Å²) in [6, 6.07) is 19.6. The second-order valence-electron chi connectivity index (χ2n) is 11.3. The second kappa shape index (κ2) is 11.8. The summed E-state index contributed by atoms with van der Waals surface area (Å²) in [6.07, 6.45) is -4.33. The number of alkyl halides is 3. The summed E-state index contributed by atoms with van der Waals surface area (Å²) in [5, 5.41) is 0. The number of amides is 1. The lowest BCUT2D eigenvalue weighted by atomic mass is 10.1. The van der Waals surface area contributed by atoms with Crippen LogP contribution in [-0.4, -0.2) is 82.9 Å². The minimum Gasteiger partial charge on any atom is -0.340 e. The highest BCUT2D eigenvalue weighted by molar-refractivity contribution is 5.97. The Hall–Kier alpha value is -3.89. The molecule has 2 fully saturated rings. The van der Waals surface area contributed by atoms with Crippen LogP contribution in [0.3, 0.4) is 0 Å². The van der Waals surface area contributed by atoms with Crippen LogP contribution in [0, 0.1) is 6.92 Å². The van der Waals surface area contributed by atoms with Gasteiger partial charge < -0.3 is 14.8 Å². The molecule has 1 amide bonds. The van der Waals surface area contributed by atoms with Crippen molar-refractivity contribution >= 4 is 22.9 Å². The normalized spacial score (nSPS) is 17.2. The van der Waals surface area contributed by atoms with Crippen molar-refractivity contribution in [3.05, 3.63) is 94.5 Å². The molecule has 2 aliphatic heterocycles. The summed E-state index contributed by atoms with van der Waals surface area (Å²) >= 11 is 0. The maximum atomic E-state index is 13.3. The molecule has 10 heteroatoms. The van der Waals surface area contributed by atoms with E-state index in [0.717, 1.165) is 67.4 Å². The molecule has 1 aromatic heterocycles. The van der Waals surface area contributed by atoms with Crippen LogP contribution in [0.4, 0.5) is 19.1 Å². The highest BCUT2D eigenvalue weighted by atomic mass is 19.4. The van der Waals surface area contributed by atoms with Crippen molar-refractivity contribution in [2.24, 2.45) is 0 Å². The lowest BCUT2D eigenvalue weighted by Crippen LogP contribution is -2.48. The number of hydrogen-bond acceptors (Lipinski definition) is 5. The first-order valence-electron chi connectivity index (χ1n) is 14.4. The fourth-order valence-corrected chi connectivity index (χ4v) is 5.69. The molecular formula is C32H35F3N6O. The fourth-order valence-electron chi connectivity index (χ4n) is 5.69. The lowest BCUT2D eigenvalue weighted by molar-refractivity contribution is -0.137. The van der Waals surface area contributed by atoms with Crippen molar-refractivity contribution in [2.75, 3.05) is 57.3 Å². The monoisotopic (exact) mass is 576 g/mol. The first kappa shape index (κ1) is 28.2. The highest BCUT2D eigenvalue weighted by Crippen LogP contribution is 2.29. The molecule has 220 valence electrons. The Morgan fingerprint density at radius 2 is 1.36 bits per heavy atom. The molecule has 0 saturated carbocycles. The molecule has 0 unspecified atom stereocenters. The molecule has 0 bridgehead atoms. The minimum atomic E-state index is -4.33. The van der Waals surface area contributed by atoms with E-state index in [2.05, 4.69) is 50.9 Å². The molecule has 7 nitrogen and oxygen atoms in total. The Labute approximate surface area is 243 Å². The van der Waals surface area contributed by atoms with Gasteiger partial charge in [-0.3, -0.25) is 14.6 Å². The van der Waals surface area contributed by atoms with E-state index in [9.17, 15) is 18.0 Å². The average molecular weight is 577 g/mol. The third-order valence-electron chi connectivity index (χ3n) is 8.26. The number of nitrogens with one attached hydrogen (secondary N) is 1. The van der Waals surface area contributed by atoms with E-state index >= 15 is 0 Å².